The lowest BCUT2D eigenvalue weighted by atomic mass is 10.0. The molecule has 7 nitrogen and oxygen atoms in total. The predicted molar refractivity (Wildman–Crippen MR) is 102 cm³/mol. The number of aliphatic hydroxyl groups excluding tert-OH is 4. The first-order valence-electron chi connectivity index (χ1n) is 10.3. The number of carbonyl (C=O) groups excluding carboxylic acids is 2. The molecule has 0 aromatic carbocycles. The lowest BCUT2D eigenvalue weighted by Crippen LogP contribution is -2.46. The Labute approximate surface area is 162 Å². The smallest absolute Gasteiger partial charge is 0.305 e. The molecule has 7 heteroatoms. The summed E-state index contributed by atoms with van der Waals surface area (Å²) in [7, 11) is 0. The van der Waals surface area contributed by atoms with Gasteiger partial charge in [-0.3, -0.25) is 4.79 Å². The molecule has 160 valence electrons. The SMILES string of the molecule is CCCCCCCCCCCCCC(=O)OCC(O)C(O)C(O)C(O)C=O. The molecule has 0 bridgehead atoms. The minimum Gasteiger partial charge on any atom is -0.463 e. The Balaban J connectivity index is 3.60. The number of hydrogen-bond acceptors (Lipinski definition) is 7. The summed E-state index contributed by atoms with van der Waals surface area (Å²) < 4.78 is 4.85. The van der Waals surface area contributed by atoms with E-state index in [1.54, 1.807) is 0 Å². The Bertz CT molecular complexity index is 375. The summed E-state index contributed by atoms with van der Waals surface area (Å²) in [6.45, 7) is 1.72. The Hall–Kier alpha value is -1.02. The summed E-state index contributed by atoms with van der Waals surface area (Å²) in [6.07, 6.45) is 6.28. The van der Waals surface area contributed by atoms with Crippen molar-refractivity contribution in [1.82, 2.24) is 0 Å². The number of hydrogen-bond donors (Lipinski definition) is 4. The molecule has 0 aromatic heterocycles. The zero-order valence-electron chi connectivity index (χ0n) is 16.6. The van der Waals surface area contributed by atoms with Gasteiger partial charge < -0.3 is 30.0 Å². The molecule has 0 amide bonds. The number of aliphatic hydroxyl groups is 4. The first-order chi connectivity index (χ1) is 12.9. The molecule has 0 saturated heterocycles. The summed E-state index contributed by atoms with van der Waals surface area (Å²) in [4.78, 5) is 21.9. The van der Waals surface area contributed by atoms with E-state index in [1.807, 2.05) is 0 Å². The molecule has 4 N–H and O–H groups in total. The highest BCUT2D eigenvalue weighted by atomic mass is 16.5. The summed E-state index contributed by atoms with van der Waals surface area (Å²) in [5, 5.41) is 37.7. The zero-order chi connectivity index (χ0) is 20.5. The molecule has 0 aliphatic rings. The van der Waals surface area contributed by atoms with Gasteiger partial charge in [0.1, 0.15) is 31.0 Å². The minimum atomic E-state index is -1.83. The maximum Gasteiger partial charge on any atom is 0.305 e. The lowest BCUT2D eigenvalue weighted by molar-refractivity contribution is -0.156. The van der Waals surface area contributed by atoms with Crippen molar-refractivity contribution < 1.29 is 34.8 Å². The van der Waals surface area contributed by atoms with E-state index in [4.69, 9.17) is 9.84 Å². The van der Waals surface area contributed by atoms with Gasteiger partial charge in [-0.1, -0.05) is 71.1 Å². The van der Waals surface area contributed by atoms with Crippen LogP contribution in [0, 0.1) is 0 Å². The fourth-order valence-corrected chi connectivity index (χ4v) is 2.79. The van der Waals surface area contributed by atoms with Crippen molar-refractivity contribution in [1.29, 1.82) is 0 Å². The molecule has 0 aromatic rings. The van der Waals surface area contributed by atoms with Gasteiger partial charge in [-0.25, -0.2) is 0 Å². The van der Waals surface area contributed by atoms with Crippen LogP contribution < -0.4 is 0 Å². The Kier molecular flexibility index (Phi) is 16.5. The minimum absolute atomic E-state index is 0.0546. The van der Waals surface area contributed by atoms with E-state index < -0.39 is 37.0 Å². The van der Waals surface area contributed by atoms with Gasteiger partial charge in [0.2, 0.25) is 0 Å². The Morgan fingerprint density at radius 1 is 0.815 bits per heavy atom. The van der Waals surface area contributed by atoms with Crippen LogP contribution in [-0.4, -0.2) is 63.7 Å². The van der Waals surface area contributed by atoms with E-state index in [2.05, 4.69) is 6.92 Å². The molecule has 0 heterocycles. The van der Waals surface area contributed by atoms with Crippen LogP contribution in [0.5, 0.6) is 0 Å². The van der Waals surface area contributed by atoms with Gasteiger partial charge in [0.15, 0.2) is 6.29 Å². The largest absolute Gasteiger partial charge is 0.463 e. The molecular formula is C20H38O7. The summed E-state index contributed by atoms with van der Waals surface area (Å²) >= 11 is 0. The van der Waals surface area contributed by atoms with E-state index in [9.17, 15) is 24.9 Å². The third kappa shape index (κ3) is 13.7. The van der Waals surface area contributed by atoms with Gasteiger partial charge in [0.05, 0.1) is 0 Å². The molecule has 27 heavy (non-hydrogen) atoms. The molecule has 0 aliphatic heterocycles. The number of aldehydes is 1. The fraction of sp³-hybridized carbons (Fsp3) is 0.900. The van der Waals surface area contributed by atoms with Crippen LogP contribution in [0.1, 0.15) is 84.0 Å². The van der Waals surface area contributed by atoms with Crippen LogP contribution in [0.2, 0.25) is 0 Å². The van der Waals surface area contributed by atoms with E-state index in [0.29, 0.717) is 6.42 Å². The van der Waals surface area contributed by atoms with Gasteiger partial charge in [0, 0.05) is 6.42 Å². The van der Waals surface area contributed by atoms with Crippen molar-refractivity contribution >= 4 is 12.3 Å². The average Bonchev–Trinajstić information content (AvgIpc) is 2.68. The van der Waals surface area contributed by atoms with Crippen LogP contribution in [0.3, 0.4) is 0 Å². The molecule has 0 aliphatic carbocycles. The van der Waals surface area contributed by atoms with E-state index in [-0.39, 0.29) is 12.7 Å². The molecule has 4 atom stereocenters. The first kappa shape index (κ1) is 26.0. The third-order valence-electron chi connectivity index (χ3n) is 4.63. The van der Waals surface area contributed by atoms with Gasteiger partial charge in [-0.2, -0.15) is 0 Å². The third-order valence-corrected chi connectivity index (χ3v) is 4.63. The van der Waals surface area contributed by atoms with Gasteiger partial charge in [-0.15, -0.1) is 0 Å². The second-order valence-corrected chi connectivity index (χ2v) is 7.14. The van der Waals surface area contributed by atoms with E-state index in [0.717, 1.165) is 12.8 Å². The van der Waals surface area contributed by atoms with Crippen molar-refractivity contribution in [3.05, 3.63) is 0 Å². The quantitative estimate of drug-likeness (QED) is 0.160. The maximum atomic E-state index is 11.6. The fourth-order valence-electron chi connectivity index (χ4n) is 2.79. The van der Waals surface area contributed by atoms with Crippen molar-refractivity contribution in [3.63, 3.8) is 0 Å². The second kappa shape index (κ2) is 17.1. The highest BCUT2D eigenvalue weighted by Gasteiger charge is 2.30. The molecule has 0 radical (unpaired) electrons. The van der Waals surface area contributed by atoms with Gasteiger partial charge >= 0.3 is 5.97 Å². The van der Waals surface area contributed by atoms with Crippen LogP contribution in [-0.2, 0) is 14.3 Å². The first-order valence-corrected chi connectivity index (χ1v) is 10.3. The van der Waals surface area contributed by atoms with Gasteiger partial charge in [-0.05, 0) is 6.42 Å². The van der Waals surface area contributed by atoms with Crippen LogP contribution in [0.15, 0.2) is 0 Å². The normalized spacial score (nSPS) is 15.7. The van der Waals surface area contributed by atoms with E-state index >= 15 is 0 Å². The van der Waals surface area contributed by atoms with Crippen molar-refractivity contribution in [2.24, 2.45) is 0 Å². The monoisotopic (exact) mass is 390 g/mol. The molecule has 4 unspecified atom stereocenters. The highest BCUT2D eigenvalue weighted by molar-refractivity contribution is 5.69. The van der Waals surface area contributed by atoms with Crippen molar-refractivity contribution in [2.45, 2.75) is 108 Å². The van der Waals surface area contributed by atoms with Crippen molar-refractivity contribution in [2.75, 3.05) is 6.61 Å². The van der Waals surface area contributed by atoms with Crippen molar-refractivity contribution in [3.8, 4) is 0 Å². The topological polar surface area (TPSA) is 124 Å². The standard InChI is InChI=1S/C20H38O7/c1-2-3-4-5-6-7-8-9-10-11-12-13-18(24)27-15-17(23)20(26)19(25)16(22)14-21/h14,16-17,19-20,22-23,25-26H,2-13,15H2,1H3. The molecule has 0 rings (SSSR count). The van der Waals surface area contributed by atoms with Gasteiger partial charge in [0.25, 0.3) is 0 Å². The summed E-state index contributed by atoms with van der Waals surface area (Å²) in [5.41, 5.74) is 0. The van der Waals surface area contributed by atoms with E-state index in [1.165, 1.54) is 51.4 Å². The molecule has 0 saturated carbocycles. The zero-order valence-corrected chi connectivity index (χ0v) is 16.6. The average molecular weight is 391 g/mol. The summed E-state index contributed by atoms with van der Waals surface area (Å²) in [5.74, 6) is -0.484. The number of esters is 1. The van der Waals surface area contributed by atoms with Crippen LogP contribution in [0.25, 0.3) is 0 Å². The number of ether oxygens (including phenoxy) is 1. The maximum absolute atomic E-state index is 11.6. The molecule has 0 spiro atoms. The van der Waals surface area contributed by atoms with Crippen LogP contribution in [0.4, 0.5) is 0 Å². The lowest BCUT2D eigenvalue weighted by Gasteiger charge is -2.23. The summed E-state index contributed by atoms with van der Waals surface area (Å²) in [6, 6.07) is 0. The Morgan fingerprint density at radius 3 is 1.78 bits per heavy atom. The molecular weight excluding hydrogens is 352 g/mol. The second-order valence-electron chi connectivity index (χ2n) is 7.14. The van der Waals surface area contributed by atoms with Crippen LogP contribution >= 0.6 is 0 Å². The Morgan fingerprint density at radius 2 is 1.30 bits per heavy atom. The molecule has 0 fully saturated rings. The number of rotatable bonds is 18. The highest BCUT2D eigenvalue weighted by Crippen LogP contribution is 2.12. The number of unbranched alkanes of at least 4 members (excludes halogenated alkanes) is 10. The predicted octanol–water partition coefficient (Wildman–Crippen LogP) is 1.87. The number of carbonyl (C=O) groups is 2.